The minimum atomic E-state index is -2.90. The van der Waals surface area contributed by atoms with Gasteiger partial charge in [0, 0.05) is 69.2 Å². The first-order valence-electron chi connectivity index (χ1n) is 15.2. The van der Waals surface area contributed by atoms with E-state index in [0.29, 0.717) is 74.1 Å². The summed E-state index contributed by atoms with van der Waals surface area (Å²) in [5.41, 5.74) is 2.57. The number of fused-ring (bicyclic) bond motifs is 1. The lowest BCUT2D eigenvalue weighted by Gasteiger charge is -2.37. The molecule has 0 aliphatic carbocycles. The van der Waals surface area contributed by atoms with Crippen LogP contribution in [0.1, 0.15) is 30.6 Å². The fourth-order valence-electron chi connectivity index (χ4n) is 5.58. The van der Waals surface area contributed by atoms with E-state index in [9.17, 15) is 18.0 Å². The molecule has 2 saturated heterocycles. The van der Waals surface area contributed by atoms with Crippen LogP contribution >= 0.6 is 0 Å². The monoisotopic (exact) mass is 639 g/mol. The maximum Gasteiger partial charge on any atom is 0.321 e. The standard InChI is InChI=1S/C32H41N5O7S/c1-23(2)44-26-7-5-25(6-8-26)34-32(39)37-12-10-36(11-13-37)31-24(22-38)21-33-28-20-30(29(42-3)19-27(28)31)43-16-4-9-35-14-17-45(40,41)18-15-35/h5-8,19-23H,4,9-18H2,1-3H3,(H,34,39). The zero-order valence-corrected chi connectivity index (χ0v) is 26.8. The molecule has 2 aromatic carbocycles. The molecule has 2 amide bonds. The number of benzene rings is 2. The number of carbonyl (C=O) groups excluding carboxylic acids is 2. The number of methoxy groups -OCH3 is 1. The van der Waals surface area contributed by atoms with Crippen molar-refractivity contribution in [2.24, 2.45) is 0 Å². The van der Waals surface area contributed by atoms with E-state index in [2.05, 4.69) is 20.1 Å². The molecule has 1 aromatic heterocycles. The number of pyridine rings is 1. The van der Waals surface area contributed by atoms with Crippen LogP contribution in [-0.2, 0) is 9.84 Å². The molecule has 0 bridgehead atoms. The van der Waals surface area contributed by atoms with E-state index in [1.807, 2.05) is 50.2 Å². The number of ether oxygens (including phenoxy) is 3. The molecule has 0 radical (unpaired) electrons. The number of nitrogens with zero attached hydrogens (tertiary/aromatic N) is 4. The highest BCUT2D eigenvalue weighted by atomic mass is 32.2. The topological polar surface area (TPSA) is 131 Å². The number of rotatable bonds is 11. The Kier molecular flexibility index (Phi) is 10.3. The van der Waals surface area contributed by atoms with Crippen molar-refractivity contribution in [1.29, 1.82) is 0 Å². The number of carbonyl (C=O) groups is 2. The van der Waals surface area contributed by atoms with Gasteiger partial charge in [0.05, 0.1) is 48.1 Å². The highest BCUT2D eigenvalue weighted by molar-refractivity contribution is 7.91. The fraction of sp³-hybridized carbons (Fsp3) is 0.469. The molecular formula is C32H41N5O7S. The fourth-order valence-corrected chi connectivity index (χ4v) is 6.86. The van der Waals surface area contributed by atoms with Gasteiger partial charge in [0.1, 0.15) is 5.75 Å². The molecule has 2 fully saturated rings. The van der Waals surface area contributed by atoms with Gasteiger partial charge in [-0.1, -0.05) is 0 Å². The largest absolute Gasteiger partial charge is 0.493 e. The van der Waals surface area contributed by atoms with E-state index in [0.717, 1.165) is 36.1 Å². The van der Waals surface area contributed by atoms with Crippen LogP contribution in [0.5, 0.6) is 17.2 Å². The Hall–Kier alpha value is -4.10. The minimum Gasteiger partial charge on any atom is -0.493 e. The van der Waals surface area contributed by atoms with Crippen LogP contribution in [0.4, 0.5) is 16.2 Å². The summed E-state index contributed by atoms with van der Waals surface area (Å²) in [6, 6.07) is 10.8. The minimum absolute atomic E-state index is 0.0718. The van der Waals surface area contributed by atoms with Gasteiger partial charge in [0.2, 0.25) is 0 Å². The van der Waals surface area contributed by atoms with Crippen molar-refractivity contribution in [3.63, 3.8) is 0 Å². The maximum absolute atomic E-state index is 13.0. The van der Waals surface area contributed by atoms with E-state index in [1.54, 1.807) is 18.2 Å². The summed E-state index contributed by atoms with van der Waals surface area (Å²) < 4.78 is 40.8. The van der Waals surface area contributed by atoms with E-state index >= 15 is 0 Å². The number of urea groups is 1. The van der Waals surface area contributed by atoms with Crippen LogP contribution in [0, 0.1) is 0 Å². The predicted octanol–water partition coefficient (Wildman–Crippen LogP) is 3.70. The molecule has 3 heterocycles. The number of aldehydes is 1. The van der Waals surface area contributed by atoms with Gasteiger partial charge < -0.3 is 34.2 Å². The van der Waals surface area contributed by atoms with Crippen molar-refractivity contribution in [2.45, 2.75) is 26.4 Å². The number of nitrogens with one attached hydrogen (secondary N) is 1. The maximum atomic E-state index is 13.0. The Balaban J connectivity index is 1.22. The molecule has 2 aliphatic rings. The quantitative estimate of drug-likeness (QED) is 0.245. The average molecular weight is 640 g/mol. The Bertz CT molecular complexity index is 1590. The van der Waals surface area contributed by atoms with Gasteiger partial charge >= 0.3 is 6.03 Å². The third kappa shape index (κ3) is 8.14. The number of anilines is 2. The molecule has 3 aromatic rings. The smallest absolute Gasteiger partial charge is 0.321 e. The molecule has 0 unspecified atom stereocenters. The summed E-state index contributed by atoms with van der Waals surface area (Å²) in [5, 5.41) is 3.72. The van der Waals surface area contributed by atoms with E-state index < -0.39 is 9.84 Å². The van der Waals surface area contributed by atoms with Gasteiger partial charge in [-0.2, -0.15) is 0 Å². The number of amides is 2. The van der Waals surface area contributed by atoms with E-state index in [-0.39, 0.29) is 23.6 Å². The zero-order chi connectivity index (χ0) is 32.0. The van der Waals surface area contributed by atoms with Crippen molar-refractivity contribution in [3.8, 4) is 17.2 Å². The third-order valence-corrected chi connectivity index (χ3v) is 9.56. The van der Waals surface area contributed by atoms with Crippen LogP contribution < -0.4 is 24.4 Å². The molecule has 12 nitrogen and oxygen atoms in total. The van der Waals surface area contributed by atoms with Crippen molar-refractivity contribution in [2.75, 3.05) is 81.3 Å². The summed E-state index contributed by atoms with van der Waals surface area (Å²) in [6.07, 6.45) is 3.18. The van der Waals surface area contributed by atoms with Gasteiger partial charge in [-0.3, -0.25) is 9.78 Å². The summed E-state index contributed by atoms with van der Waals surface area (Å²) in [5.74, 6) is 2.23. The molecular weight excluding hydrogens is 598 g/mol. The molecule has 0 atom stereocenters. The Labute approximate surface area is 264 Å². The van der Waals surface area contributed by atoms with Gasteiger partial charge in [-0.25, -0.2) is 13.2 Å². The van der Waals surface area contributed by atoms with Crippen LogP contribution in [0.2, 0.25) is 0 Å². The second-order valence-corrected chi connectivity index (χ2v) is 13.8. The Morgan fingerprint density at radius 1 is 1.02 bits per heavy atom. The first-order chi connectivity index (χ1) is 21.7. The van der Waals surface area contributed by atoms with Gasteiger partial charge in [0.15, 0.2) is 27.6 Å². The van der Waals surface area contributed by atoms with Crippen molar-refractivity contribution in [3.05, 3.63) is 48.2 Å². The summed E-state index contributed by atoms with van der Waals surface area (Å²) in [6.45, 7) is 8.23. The van der Waals surface area contributed by atoms with Crippen LogP contribution in [0.15, 0.2) is 42.6 Å². The lowest BCUT2D eigenvalue weighted by Crippen LogP contribution is -2.50. The predicted molar refractivity (Wildman–Crippen MR) is 174 cm³/mol. The lowest BCUT2D eigenvalue weighted by molar-refractivity contribution is 0.112. The molecule has 1 N–H and O–H groups in total. The molecule has 0 spiro atoms. The first kappa shape index (κ1) is 32.3. The number of piperazine rings is 1. The van der Waals surface area contributed by atoms with Crippen LogP contribution in [0.25, 0.3) is 10.9 Å². The summed E-state index contributed by atoms with van der Waals surface area (Å²) in [4.78, 5) is 35.6. The Morgan fingerprint density at radius 2 is 1.73 bits per heavy atom. The molecule has 5 rings (SSSR count). The normalized spacial score (nSPS) is 16.9. The molecule has 242 valence electrons. The highest BCUT2D eigenvalue weighted by Gasteiger charge is 2.26. The second-order valence-electron chi connectivity index (χ2n) is 11.5. The Morgan fingerprint density at radius 3 is 2.38 bits per heavy atom. The number of aromatic nitrogens is 1. The van der Waals surface area contributed by atoms with Crippen molar-refractivity contribution in [1.82, 2.24) is 14.8 Å². The average Bonchev–Trinajstić information content (AvgIpc) is 3.03. The van der Waals surface area contributed by atoms with Gasteiger partial charge in [-0.15, -0.1) is 0 Å². The van der Waals surface area contributed by atoms with E-state index in [1.165, 1.54) is 0 Å². The molecule has 13 heteroatoms. The van der Waals surface area contributed by atoms with Gasteiger partial charge in [-0.05, 0) is 50.6 Å². The second kappa shape index (κ2) is 14.3. The zero-order valence-electron chi connectivity index (χ0n) is 26.0. The molecule has 0 saturated carbocycles. The third-order valence-electron chi connectivity index (χ3n) is 7.95. The van der Waals surface area contributed by atoms with Crippen molar-refractivity contribution < 1.29 is 32.2 Å². The molecule has 45 heavy (non-hydrogen) atoms. The van der Waals surface area contributed by atoms with Crippen molar-refractivity contribution >= 4 is 44.4 Å². The van der Waals surface area contributed by atoms with Crippen LogP contribution in [-0.4, -0.2) is 113 Å². The van der Waals surface area contributed by atoms with Gasteiger partial charge in [0.25, 0.3) is 0 Å². The summed E-state index contributed by atoms with van der Waals surface area (Å²) >= 11 is 0. The number of hydrogen-bond acceptors (Lipinski definition) is 10. The number of hydrogen-bond donors (Lipinski definition) is 1. The highest BCUT2D eigenvalue weighted by Crippen LogP contribution is 2.38. The van der Waals surface area contributed by atoms with E-state index in [4.69, 9.17) is 14.2 Å². The number of sulfone groups is 1. The SMILES string of the molecule is COc1cc2c(N3CCN(C(=O)Nc4ccc(OC(C)C)cc4)CC3)c(C=O)cnc2cc1OCCCN1CCS(=O)(=O)CC1. The lowest BCUT2D eigenvalue weighted by atomic mass is 10.1. The first-order valence-corrected chi connectivity index (χ1v) is 17.1. The van der Waals surface area contributed by atoms with Crippen LogP contribution in [0.3, 0.4) is 0 Å². The molecule has 2 aliphatic heterocycles. The summed E-state index contributed by atoms with van der Waals surface area (Å²) in [7, 11) is -1.33.